The van der Waals surface area contributed by atoms with Crippen LogP contribution in [0.5, 0.6) is 0 Å². The molecule has 0 unspecified atom stereocenters. The zero-order valence-electron chi connectivity index (χ0n) is 13.2. The maximum atomic E-state index is 12.5. The van der Waals surface area contributed by atoms with Gasteiger partial charge in [-0.3, -0.25) is 9.69 Å². The number of carbonyl (C=O) groups excluding carboxylic acids is 1. The summed E-state index contributed by atoms with van der Waals surface area (Å²) in [5.74, 6) is 0.500. The van der Waals surface area contributed by atoms with Gasteiger partial charge in [-0.05, 0) is 13.8 Å². The molecule has 1 saturated heterocycles. The molecule has 1 atom stereocenters. The molecule has 1 amide bonds. The number of aliphatic hydroxyl groups is 1. The van der Waals surface area contributed by atoms with Crippen LogP contribution in [0.1, 0.15) is 23.1 Å². The fraction of sp³-hybridized carbons (Fsp3) is 0.667. The van der Waals surface area contributed by atoms with Gasteiger partial charge in [0, 0.05) is 51.7 Å². The van der Waals surface area contributed by atoms with Crippen molar-refractivity contribution >= 4 is 5.91 Å². The van der Waals surface area contributed by atoms with E-state index in [1.165, 1.54) is 12.4 Å². The van der Waals surface area contributed by atoms with Crippen LogP contribution in [0.4, 0.5) is 0 Å². The van der Waals surface area contributed by atoms with Crippen LogP contribution in [0.2, 0.25) is 0 Å². The first kappa shape index (κ1) is 16.8. The van der Waals surface area contributed by atoms with Crippen LogP contribution in [-0.4, -0.2) is 82.8 Å². The van der Waals surface area contributed by atoms with E-state index < -0.39 is 6.10 Å². The number of hydrogen-bond donors (Lipinski definition) is 1. The summed E-state index contributed by atoms with van der Waals surface area (Å²) in [7, 11) is 0. The van der Waals surface area contributed by atoms with Crippen LogP contribution in [0.25, 0.3) is 0 Å². The number of aryl methyl sites for hydroxylation is 1. The lowest BCUT2D eigenvalue weighted by molar-refractivity contribution is 0.0650. The third kappa shape index (κ3) is 4.72. The van der Waals surface area contributed by atoms with Crippen molar-refractivity contribution in [2.45, 2.75) is 20.0 Å². The molecule has 1 aliphatic rings. The maximum absolute atomic E-state index is 12.5. The minimum absolute atomic E-state index is 0.134. The molecule has 0 saturated carbocycles. The highest BCUT2D eigenvalue weighted by molar-refractivity contribution is 5.93. The summed E-state index contributed by atoms with van der Waals surface area (Å²) in [6.07, 6.45) is 2.52. The molecule has 2 rings (SSSR count). The first-order valence-electron chi connectivity index (χ1n) is 7.66. The second-order valence-corrected chi connectivity index (χ2v) is 5.42. The third-order valence-electron chi connectivity index (χ3n) is 3.66. The van der Waals surface area contributed by atoms with E-state index in [1.807, 2.05) is 6.92 Å². The summed E-state index contributed by atoms with van der Waals surface area (Å²) in [4.78, 5) is 24.4. The van der Waals surface area contributed by atoms with E-state index in [0.29, 0.717) is 44.2 Å². The summed E-state index contributed by atoms with van der Waals surface area (Å²) in [5, 5.41) is 10.1. The Hall–Kier alpha value is -1.57. The number of amides is 1. The molecule has 0 spiro atoms. The number of rotatable bonds is 5. The normalized spacial score (nSPS) is 20.0. The molecule has 0 radical (unpaired) electrons. The van der Waals surface area contributed by atoms with Gasteiger partial charge in [-0.1, -0.05) is 0 Å². The van der Waals surface area contributed by atoms with Gasteiger partial charge in [0.05, 0.1) is 18.3 Å². The Morgan fingerprint density at radius 2 is 2.09 bits per heavy atom. The van der Waals surface area contributed by atoms with Gasteiger partial charge in [0.2, 0.25) is 0 Å². The van der Waals surface area contributed by atoms with E-state index in [1.54, 1.807) is 11.8 Å². The van der Waals surface area contributed by atoms with Crippen molar-refractivity contribution in [3.05, 3.63) is 23.8 Å². The predicted octanol–water partition coefficient (Wildman–Crippen LogP) is -0.0598. The van der Waals surface area contributed by atoms with Crippen molar-refractivity contribution in [3.63, 3.8) is 0 Å². The molecule has 1 aromatic heterocycles. The predicted molar refractivity (Wildman–Crippen MR) is 81.6 cm³/mol. The van der Waals surface area contributed by atoms with Gasteiger partial charge in [0.25, 0.3) is 5.91 Å². The molecule has 22 heavy (non-hydrogen) atoms. The minimum Gasteiger partial charge on any atom is -0.390 e. The highest BCUT2D eigenvalue weighted by Gasteiger charge is 2.25. The Labute approximate surface area is 130 Å². The average Bonchev–Trinajstić information content (AvgIpc) is 2.69. The lowest BCUT2D eigenvalue weighted by Gasteiger charge is -2.21. The molecule has 1 fully saturated rings. The maximum Gasteiger partial charge on any atom is 0.257 e. The van der Waals surface area contributed by atoms with Crippen LogP contribution >= 0.6 is 0 Å². The third-order valence-corrected chi connectivity index (χ3v) is 3.66. The summed E-state index contributed by atoms with van der Waals surface area (Å²) in [5.41, 5.74) is 0.459. The lowest BCUT2D eigenvalue weighted by Crippen LogP contribution is -2.37. The van der Waals surface area contributed by atoms with Gasteiger partial charge in [0.15, 0.2) is 0 Å². The fourth-order valence-electron chi connectivity index (χ4n) is 2.47. The van der Waals surface area contributed by atoms with Crippen molar-refractivity contribution < 1.29 is 14.6 Å². The Bertz CT molecular complexity index is 480. The molecule has 7 heteroatoms. The molecule has 1 aliphatic heterocycles. The van der Waals surface area contributed by atoms with Crippen LogP contribution in [0.15, 0.2) is 12.4 Å². The number of ether oxygens (including phenoxy) is 1. The van der Waals surface area contributed by atoms with Gasteiger partial charge in [0.1, 0.15) is 5.82 Å². The standard InChI is InChI=1S/C15H24N4O3/c1-3-22-7-6-18-4-5-19(11-14(20)10-18)15(21)13-8-16-12(2)17-9-13/h8-9,14,20H,3-7,10-11H2,1-2H3/t14-/m0/s1. The molecule has 1 N–H and O–H groups in total. The summed E-state index contributed by atoms with van der Waals surface area (Å²) >= 11 is 0. The topological polar surface area (TPSA) is 78.8 Å². The monoisotopic (exact) mass is 308 g/mol. The second kappa shape index (κ2) is 8.17. The van der Waals surface area contributed by atoms with Crippen LogP contribution in [-0.2, 0) is 4.74 Å². The van der Waals surface area contributed by atoms with E-state index in [2.05, 4.69) is 14.9 Å². The van der Waals surface area contributed by atoms with Gasteiger partial charge < -0.3 is 14.7 Å². The SMILES string of the molecule is CCOCCN1CCN(C(=O)c2cnc(C)nc2)C[C@@H](O)C1. The first-order valence-corrected chi connectivity index (χ1v) is 7.66. The molecule has 0 aromatic carbocycles. The molecule has 7 nitrogen and oxygen atoms in total. The van der Waals surface area contributed by atoms with E-state index in [4.69, 9.17) is 4.74 Å². The highest BCUT2D eigenvalue weighted by atomic mass is 16.5. The van der Waals surface area contributed by atoms with Crippen LogP contribution < -0.4 is 0 Å². The van der Waals surface area contributed by atoms with Crippen molar-refractivity contribution in [1.29, 1.82) is 0 Å². The molecule has 2 heterocycles. The molecule has 122 valence electrons. The minimum atomic E-state index is -0.556. The summed E-state index contributed by atoms with van der Waals surface area (Å²) in [6.45, 7) is 8.02. The van der Waals surface area contributed by atoms with E-state index in [0.717, 1.165) is 13.1 Å². The quantitative estimate of drug-likeness (QED) is 0.768. The Kier molecular flexibility index (Phi) is 6.23. The number of aromatic nitrogens is 2. The van der Waals surface area contributed by atoms with Gasteiger partial charge >= 0.3 is 0 Å². The van der Waals surface area contributed by atoms with Gasteiger partial charge in [-0.25, -0.2) is 9.97 Å². The van der Waals surface area contributed by atoms with Crippen molar-refractivity contribution in [1.82, 2.24) is 19.8 Å². The van der Waals surface area contributed by atoms with E-state index in [-0.39, 0.29) is 5.91 Å². The van der Waals surface area contributed by atoms with Crippen LogP contribution in [0, 0.1) is 6.92 Å². The first-order chi connectivity index (χ1) is 10.6. The molecule has 1 aromatic rings. The van der Waals surface area contributed by atoms with Gasteiger partial charge in [-0.15, -0.1) is 0 Å². The van der Waals surface area contributed by atoms with Crippen molar-refractivity contribution in [2.75, 3.05) is 45.9 Å². The Morgan fingerprint density at radius 3 is 2.77 bits per heavy atom. The summed E-state index contributed by atoms with van der Waals surface area (Å²) < 4.78 is 5.35. The smallest absolute Gasteiger partial charge is 0.257 e. The largest absolute Gasteiger partial charge is 0.390 e. The van der Waals surface area contributed by atoms with Crippen molar-refractivity contribution in [2.24, 2.45) is 0 Å². The number of β-amino-alcohol motifs (C(OH)–C–C–N with tert-alkyl or cyclic N) is 1. The number of aliphatic hydroxyl groups excluding tert-OH is 1. The van der Waals surface area contributed by atoms with E-state index >= 15 is 0 Å². The lowest BCUT2D eigenvalue weighted by atomic mass is 10.2. The number of carbonyl (C=O) groups is 1. The fourth-order valence-corrected chi connectivity index (χ4v) is 2.47. The molecular weight excluding hydrogens is 284 g/mol. The Balaban J connectivity index is 1.94. The van der Waals surface area contributed by atoms with Crippen molar-refractivity contribution in [3.8, 4) is 0 Å². The average molecular weight is 308 g/mol. The molecular formula is C15H24N4O3. The van der Waals surface area contributed by atoms with Crippen LogP contribution in [0.3, 0.4) is 0 Å². The number of hydrogen-bond acceptors (Lipinski definition) is 6. The zero-order valence-corrected chi connectivity index (χ0v) is 13.2. The molecule has 0 aliphatic carbocycles. The Morgan fingerprint density at radius 1 is 1.36 bits per heavy atom. The highest BCUT2D eigenvalue weighted by Crippen LogP contribution is 2.09. The molecule has 0 bridgehead atoms. The van der Waals surface area contributed by atoms with Gasteiger partial charge in [-0.2, -0.15) is 0 Å². The zero-order chi connectivity index (χ0) is 15.9. The number of nitrogens with zero attached hydrogens (tertiary/aromatic N) is 4. The van der Waals surface area contributed by atoms with E-state index in [9.17, 15) is 9.90 Å². The summed E-state index contributed by atoms with van der Waals surface area (Å²) in [6, 6.07) is 0. The second-order valence-electron chi connectivity index (χ2n) is 5.42.